The molecule has 0 radical (unpaired) electrons. The first-order valence-corrected chi connectivity index (χ1v) is 7.37. The minimum atomic E-state index is -0.257. The quantitative estimate of drug-likeness (QED) is 0.841. The van der Waals surface area contributed by atoms with Gasteiger partial charge < -0.3 is 14.8 Å². The van der Waals surface area contributed by atoms with Crippen molar-refractivity contribution in [1.82, 2.24) is 5.32 Å². The van der Waals surface area contributed by atoms with E-state index in [0.717, 1.165) is 16.9 Å². The molecule has 22 heavy (non-hydrogen) atoms. The zero-order chi connectivity index (χ0) is 15.9. The van der Waals surface area contributed by atoms with Crippen LogP contribution in [0, 0.1) is 5.82 Å². The highest BCUT2D eigenvalue weighted by molar-refractivity contribution is 5.34. The van der Waals surface area contributed by atoms with Crippen LogP contribution in [0.25, 0.3) is 0 Å². The van der Waals surface area contributed by atoms with Crippen LogP contribution in [0.15, 0.2) is 42.5 Å². The van der Waals surface area contributed by atoms with E-state index in [9.17, 15) is 4.39 Å². The summed E-state index contributed by atoms with van der Waals surface area (Å²) in [7, 11) is 1.59. The Labute approximate surface area is 131 Å². The molecule has 0 aliphatic rings. The van der Waals surface area contributed by atoms with Gasteiger partial charge in [-0.05, 0) is 49.7 Å². The van der Waals surface area contributed by atoms with Crippen LogP contribution < -0.4 is 14.8 Å². The predicted octanol–water partition coefficient (Wildman–Crippen LogP) is 3.91. The van der Waals surface area contributed by atoms with Crippen LogP contribution in [-0.4, -0.2) is 13.2 Å². The van der Waals surface area contributed by atoms with Gasteiger partial charge in [-0.2, -0.15) is 0 Å². The second-order valence-corrected chi connectivity index (χ2v) is 5.37. The van der Waals surface area contributed by atoms with Crippen molar-refractivity contribution < 1.29 is 13.9 Å². The Balaban J connectivity index is 1.89. The summed E-state index contributed by atoms with van der Waals surface area (Å²) in [5.41, 5.74) is 1.95. The van der Waals surface area contributed by atoms with Gasteiger partial charge in [0.1, 0.15) is 17.3 Å². The Morgan fingerprint density at radius 3 is 2.41 bits per heavy atom. The summed E-state index contributed by atoms with van der Waals surface area (Å²) in [5.74, 6) is 1.30. The predicted molar refractivity (Wildman–Crippen MR) is 85.7 cm³/mol. The highest BCUT2D eigenvalue weighted by Gasteiger charge is 2.04. The molecule has 0 aliphatic heterocycles. The smallest absolute Gasteiger partial charge is 0.123 e. The van der Waals surface area contributed by atoms with Crippen LogP contribution in [0.3, 0.4) is 0 Å². The lowest BCUT2D eigenvalue weighted by molar-refractivity contribution is 0.242. The number of nitrogens with one attached hydrogen (secondary N) is 1. The lowest BCUT2D eigenvalue weighted by atomic mass is 10.1. The average Bonchev–Trinajstić information content (AvgIpc) is 2.49. The zero-order valence-corrected chi connectivity index (χ0v) is 13.2. The highest BCUT2D eigenvalue weighted by Crippen LogP contribution is 2.19. The number of halogens is 1. The summed E-state index contributed by atoms with van der Waals surface area (Å²) in [4.78, 5) is 0. The standard InChI is InChI=1S/C18H22FNO2/c1-13(2)22-17-7-4-14(5-8-17)11-20-12-15-10-16(19)6-9-18(15)21-3/h4-10,13,20H,11-12H2,1-3H3. The van der Waals surface area contributed by atoms with Crippen LogP contribution in [-0.2, 0) is 13.1 Å². The molecule has 0 atom stereocenters. The third-order valence-corrected chi connectivity index (χ3v) is 3.18. The molecule has 0 spiro atoms. The summed E-state index contributed by atoms with van der Waals surface area (Å²) in [6.07, 6.45) is 0.171. The zero-order valence-electron chi connectivity index (χ0n) is 13.2. The third-order valence-electron chi connectivity index (χ3n) is 3.18. The van der Waals surface area contributed by atoms with E-state index in [0.29, 0.717) is 18.8 Å². The van der Waals surface area contributed by atoms with Gasteiger partial charge in [0.15, 0.2) is 0 Å². The Bertz CT molecular complexity index is 597. The summed E-state index contributed by atoms with van der Waals surface area (Å²) >= 11 is 0. The molecule has 0 saturated heterocycles. The van der Waals surface area contributed by atoms with Gasteiger partial charge in [-0.25, -0.2) is 4.39 Å². The van der Waals surface area contributed by atoms with Crippen LogP contribution in [0.2, 0.25) is 0 Å². The van der Waals surface area contributed by atoms with Crippen molar-refractivity contribution in [3.8, 4) is 11.5 Å². The fourth-order valence-corrected chi connectivity index (χ4v) is 2.18. The number of benzene rings is 2. The number of ether oxygens (including phenoxy) is 2. The molecule has 0 unspecified atom stereocenters. The summed E-state index contributed by atoms with van der Waals surface area (Å²) in [6.45, 7) is 5.25. The minimum Gasteiger partial charge on any atom is -0.496 e. The molecule has 0 saturated carbocycles. The van der Waals surface area contributed by atoms with Gasteiger partial charge in [0.25, 0.3) is 0 Å². The lowest BCUT2D eigenvalue weighted by Crippen LogP contribution is -2.13. The van der Waals surface area contributed by atoms with Gasteiger partial charge in [-0.1, -0.05) is 12.1 Å². The molecule has 2 aromatic rings. The van der Waals surface area contributed by atoms with Crippen LogP contribution in [0.5, 0.6) is 11.5 Å². The maximum absolute atomic E-state index is 13.3. The van der Waals surface area contributed by atoms with E-state index in [-0.39, 0.29) is 11.9 Å². The maximum Gasteiger partial charge on any atom is 0.123 e. The molecule has 4 heteroatoms. The number of methoxy groups -OCH3 is 1. The van der Waals surface area contributed by atoms with Crippen molar-refractivity contribution in [2.24, 2.45) is 0 Å². The van der Waals surface area contributed by atoms with Crippen molar-refractivity contribution in [3.63, 3.8) is 0 Å². The van der Waals surface area contributed by atoms with E-state index in [1.807, 2.05) is 38.1 Å². The SMILES string of the molecule is COc1ccc(F)cc1CNCc1ccc(OC(C)C)cc1. The molecular formula is C18H22FNO2. The van der Waals surface area contributed by atoms with Crippen LogP contribution >= 0.6 is 0 Å². The van der Waals surface area contributed by atoms with E-state index in [1.165, 1.54) is 12.1 Å². The van der Waals surface area contributed by atoms with Gasteiger partial charge >= 0.3 is 0 Å². The molecule has 3 nitrogen and oxygen atoms in total. The van der Waals surface area contributed by atoms with E-state index < -0.39 is 0 Å². The maximum atomic E-state index is 13.3. The molecule has 2 rings (SSSR count). The summed E-state index contributed by atoms with van der Waals surface area (Å²) < 4.78 is 24.1. The van der Waals surface area contributed by atoms with Gasteiger partial charge in [-0.15, -0.1) is 0 Å². The minimum absolute atomic E-state index is 0.171. The molecule has 1 N–H and O–H groups in total. The van der Waals surface area contributed by atoms with Gasteiger partial charge in [0, 0.05) is 18.7 Å². The highest BCUT2D eigenvalue weighted by atomic mass is 19.1. The fraction of sp³-hybridized carbons (Fsp3) is 0.333. The second-order valence-electron chi connectivity index (χ2n) is 5.37. The molecular weight excluding hydrogens is 281 g/mol. The largest absolute Gasteiger partial charge is 0.496 e. The van der Waals surface area contributed by atoms with Gasteiger partial charge in [-0.3, -0.25) is 0 Å². The van der Waals surface area contributed by atoms with Crippen LogP contribution in [0.1, 0.15) is 25.0 Å². The molecule has 0 aromatic heterocycles. The molecule has 2 aromatic carbocycles. The Morgan fingerprint density at radius 2 is 1.77 bits per heavy atom. The van der Waals surface area contributed by atoms with E-state index >= 15 is 0 Å². The van der Waals surface area contributed by atoms with Crippen LogP contribution in [0.4, 0.5) is 4.39 Å². The van der Waals surface area contributed by atoms with Crippen molar-refractivity contribution >= 4 is 0 Å². The fourth-order valence-electron chi connectivity index (χ4n) is 2.18. The van der Waals surface area contributed by atoms with Crippen molar-refractivity contribution in [1.29, 1.82) is 0 Å². The Morgan fingerprint density at radius 1 is 1.05 bits per heavy atom. The summed E-state index contributed by atoms with van der Waals surface area (Å²) in [6, 6.07) is 12.5. The van der Waals surface area contributed by atoms with E-state index in [2.05, 4.69) is 5.32 Å². The molecule has 0 fully saturated rings. The van der Waals surface area contributed by atoms with Gasteiger partial charge in [0.05, 0.1) is 13.2 Å². The molecule has 0 aliphatic carbocycles. The van der Waals surface area contributed by atoms with E-state index in [4.69, 9.17) is 9.47 Å². The third kappa shape index (κ3) is 4.74. The average molecular weight is 303 g/mol. The van der Waals surface area contributed by atoms with Crippen molar-refractivity contribution in [2.75, 3.05) is 7.11 Å². The molecule has 0 amide bonds. The number of hydrogen-bond donors (Lipinski definition) is 1. The Kier molecular flexibility index (Phi) is 5.78. The first-order valence-electron chi connectivity index (χ1n) is 7.37. The lowest BCUT2D eigenvalue weighted by Gasteiger charge is -2.11. The molecule has 118 valence electrons. The number of rotatable bonds is 7. The normalized spacial score (nSPS) is 10.8. The molecule has 0 bridgehead atoms. The monoisotopic (exact) mass is 303 g/mol. The first kappa shape index (κ1) is 16.3. The van der Waals surface area contributed by atoms with Gasteiger partial charge in [0.2, 0.25) is 0 Å². The Hall–Kier alpha value is -2.07. The second kappa shape index (κ2) is 7.80. The topological polar surface area (TPSA) is 30.5 Å². The molecule has 0 heterocycles. The van der Waals surface area contributed by atoms with Crippen molar-refractivity contribution in [3.05, 3.63) is 59.4 Å². The van der Waals surface area contributed by atoms with E-state index in [1.54, 1.807) is 13.2 Å². The number of hydrogen-bond acceptors (Lipinski definition) is 3. The van der Waals surface area contributed by atoms with Crippen molar-refractivity contribution in [2.45, 2.75) is 33.0 Å². The summed E-state index contributed by atoms with van der Waals surface area (Å²) in [5, 5.41) is 3.29. The first-order chi connectivity index (χ1) is 10.6.